The standard InChI is InChI=1S/C7H8N2O2/c1-2-3-4-9-6(10)5-8-7(9)11/h1H,3-5H2,(H,8,11). The van der Waals surface area contributed by atoms with Crippen molar-refractivity contribution in [3.05, 3.63) is 0 Å². The van der Waals surface area contributed by atoms with Gasteiger partial charge in [-0.1, -0.05) is 0 Å². The van der Waals surface area contributed by atoms with E-state index >= 15 is 0 Å². The summed E-state index contributed by atoms with van der Waals surface area (Å²) in [5, 5.41) is 2.40. The predicted molar refractivity (Wildman–Crippen MR) is 38.6 cm³/mol. The maximum Gasteiger partial charge on any atom is 0.324 e. The van der Waals surface area contributed by atoms with E-state index in [1.807, 2.05) is 0 Å². The summed E-state index contributed by atoms with van der Waals surface area (Å²) in [5.74, 6) is 2.16. The van der Waals surface area contributed by atoms with E-state index in [2.05, 4.69) is 11.2 Å². The minimum Gasteiger partial charge on any atom is -0.329 e. The van der Waals surface area contributed by atoms with Gasteiger partial charge in [0.15, 0.2) is 0 Å². The number of imide groups is 1. The van der Waals surface area contributed by atoms with Crippen LogP contribution in [0.5, 0.6) is 0 Å². The quantitative estimate of drug-likeness (QED) is 0.431. The number of urea groups is 1. The Labute approximate surface area is 64.6 Å². The summed E-state index contributed by atoms with van der Waals surface area (Å²) in [6.45, 7) is 0.421. The minimum absolute atomic E-state index is 0.101. The highest BCUT2D eigenvalue weighted by molar-refractivity contribution is 6.01. The van der Waals surface area contributed by atoms with Crippen molar-refractivity contribution in [1.29, 1.82) is 0 Å². The van der Waals surface area contributed by atoms with Crippen LogP contribution in [0, 0.1) is 12.3 Å². The Balaban J connectivity index is 2.49. The number of hydrogen-bond donors (Lipinski definition) is 1. The van der Waals surface area contributed by atoms with Crippen LogP contribution < -0.4 is 5.32 Å². The molecule has 11 heavy (non-hydrogen) atoms. The zero-order chi connectivity index (χ0) is 8.27. The van der Waals surface area contributed by atoms with Crippen LogP contribution in [0.2, 0.25) is 0 Å². The molecule has 0 saturated carbocycles. The molecule has 58 valence electrons. The molecule has 1 saturated heterocycles. The lowest BCUT2D eigenvalue weighted by Gasteiger charge is -2.08. The highest BCUT2D eigenvalue weighted by Crippen LogP contribution is 1.98. The first-order valence-electron chi connectivity index (χ1n) is 3.27. The van der Waals surface area contributed by atoms with Crippen molar-refractivity contribution in [3.63, 3.8) is 0 Å². The molecule has 0 unspecified atom stereocenters. The van der Waals surface area contributed by atoms with Crippen LogP contribution in [0.1, 0.15) is 6.42 Å². The minimum atomic E-state index is -0.342. The Morgan fingerprint density at radius 3 is 2.82 bits per heavy atom. The number of hydrogen-bond acceptors (Lipinski definition) is 2. The van der Waals surface area contributed by atoms with Gasteiger partial charge in [-0.2, -0.15) is 0 Å². The van der Waals surface area contributed by atoms with Crippen LogP contribution in [-0.4, -0.2) is 29.9 Å². The summed E-state index contributed by atoms with van der Waals surface area (Å²) in [4.78, 5) is 22.8. The van der Waals surface area contributed by atoms with Crippen molar-refractivity contribution in [2.45, 2.75) is 6.42 Å². The normalized spacial score (nSPS) is 16.5. The van der Waals surface area contributed by atoms with Gasteiger partial charge in [-0.25, -0.2) is 4.79 Å². The van der Waals surface area contributed by atoms with Crippen LogP contribution >= 0.6 is 0 Å². The smallest absolute Gasteiger partial charge is 0.324 e. The molecular weight excluding hydrogens is 144 g/mol. The van der Waals surface area contributed by atoms with E-state index in [4.69, 9.17) is 6.42 Å². The fourth-order valence-corrected chi connectivity index (χ4v) is 0.858. The first-order valence-corrected chi connectivity index (χ1v) is 3.27. The average Bonchev–Trinajstić information content (AvgIpc) is 2.29. The first kappa shape index (κ1) is 7.61. The molecule has 0 spiro atoms. The van der Waals surface area contributed by atoms with Crippen molar-refractivity contribution in [3.8, 4) is 12.3 Å². The monoisotopic (exact) mass is 152 g/mol. The summed E-state index contributed by atoms with van der Waals surface area (Å²) in [5.41, 5.74) is 0. The summed E-state index contributed by atoms with van der Waals surface area (Å²) >= 11 is 0. The maximum atomic E-state index is 10.9. The lowest BCUT2D eigenvalue weighted by atomic mass is 10.4. The van der Waals surface area contributed by atoms with Gasteiger partial charge < -0.3 is 5.32 Å². The van der Waals surface area contributed by atoms with Gasteiger partial charge in [0.2, 0.25) is 5.91 Å². The predicted octanol–water partition coefficient (Wildman–Crippen LogP) is -0.439. The Hall–Kier alpha value is -1.50. The number of amides is 3. The molecule has 0 radical (unpaired) electrons. The van der Waals surface area contributed by atoms with Crippen LogP contribution in [0.3, 0.4) is 0 Å². The Morgan fingerprint density at radius 1 is 1.64 bits per heavy atom. The molecule has 1 rings (SSSR count). The van der Waals surface area contributed by atoms with Crippen LogP contribution in [-0.2, 0) is 4.79 Å². The third-order valence-corrected chi connectivity index (χ3v) is 1.42. The van der Waals surface area contributed by atoms with E-state index in [-0.39, 0.29) is 18.5 Å². The van der Waals surface area contributed by atoms with Crippen LogP contribution in [0.25, 0.3) is 0 Å². The maximum absolute atomic E-state index is 10.9. The summed E-state index contributed by atoms with van der Waals surface area (Å²) in [7, 11) is 0. The second-order valence-corrected chi connectivity index (χ2v) is 2.16. The number of carbonyl (C=O) groups excluding carboxylic acids is 2. The zero-order valence-electron chi connectivity index (χ0n) is 5.96. The molecule has 4 heteroatoms. The third-order valence-electron chi connectivity index (χ3n) is 1.42. The molecule has 3 amide bonds. The van der Waals surface area contributed by atoms with E-state index in [9.17, 15) is 9.59 Å². The van der Waals surface area contributed by atoms with Crippen molar-refractivity contribution in [1.82, 2.24) is 10.2 Å². The Bertz CT molecular complexity index is 213. The Kier molecular flexibility index (Phi) is 2.12. The van der Waals surface area contributed by atoms with E-state index < -0.39 is 0 Å². The topological polar surface area (TPSA) is 49.4 Å². The van der Waals surface area contributed by atoms with Gasteiger partial charge >= 0.3 is 6.03 Å². The van der Waals surface area contributed by atoms with Crippen molar-refractivity contribution in [2.24, 2.45) is 0 Å². The SMILES string of the molecule is C#CCCN1C(=O)CNC1=O. The van der Waals surface area contributed by atoms with E-state index in [1.165, 1.54) is 0 Å². The average molecular weight is 152 g/mol. The first-order chi connectivity index (χ1) is 5.25. The lowest BCUT2D eigenvalue weighted by molar-refractivity contribution is -0.124. The molecule has 0 aromatic rings. The van der Waals surface area contributed by atoms with Gasteiger partial charge in [-0.15, -0.1) is 12.3 Å². The molecule has 0 atom stereocenters. The molecule has 1 heterocycles. The molecule has 1 fully saturated rings. The molecule has 1 N–H and O–H groups in total. The number of nitrogens with zero attached hydrogens (tertiary/aromatic N) is 1. The van der Waals surface area contributed by atoms with Gasteiger partial charge in [-0.05, 0) is 0 Å². The van der Waals surface area contributed by atoms with Crippen molar-refractivity contribution >= 4 is 11.9 Å². The number of nitrogens with one attached hydrogen (secondary N) is 1. The van der Waals surface area contributed by atoms with Gasteiger partial charge in [-0.3, -0.25) is 9.69 Å². The molecule has 0 bridgehead atoms. The van der Waals surface area contributed by atoms with E-state index in [0.29, 0.717) is 13.0 Å². The van der Waals surface area contributed by atoms with E-state index in [0.717, 1.165) is 4.90 Å². The number of terminal acetylenes is 1. The van der Waals surface area contributed by atoms with E-state index in [1.54, 1.807) is 0 Å². The lowest BCUT2D eigenvalue weighted by Crippen LogP contribution is -2.31. The fourth-order valence-electron chi connectivity index (χ4n) is 0.858. The molecule has 1 aliphatic rings. The highest BCUT2D eigenvalue weighted by Gasteiger charge is 2.27. The van der Waals surface area contributed by atoms with Crippen molar-refractivity contribution in [2.75, 3.05) is 13.1 Å². The third kappa shape index (κ3) is 1.49. The molecule has 1 aliphatic heterocycles. The van der Waals surface area contributed by atoms with Gasteiger partial charge in [0.1, 0.15) is 0 Å². The molecule has 0 aromatic heterocycles. The van der Waals surface area contributed by atoms with Gasteiger partial charge in [0.25, 0.3) is 0 Å². The van der Waals surface area contributed by atoms with Gasteiger partial charge in [0.05, 0.1) is 6.54 Å². The van der Waals surface area contributed by atoms with Gasteiger partial charge in [0, 0.05) is 13.0 Å². The number of rotatable bonds is 2. The second-order valence-electron chi connectivity index (χ2n) is 2.16. The molecular formula is C7H8N2O2. The fraction of sp³-hybridized carbons (Fsp3) is 0.429. The molecule has 0 aromatic carbocycles. The molecule has 0 aliphatic carbocycles. The summed E-state index contributed by atoms with van der Waals surface area (Å²) < 4.78 is 0. The van der Waals surface area contributed by atoms with Crippen LogP contribution in [0.15, 0.2) is 0 Å². The number of carbonyl (C=O) groups is 2. The summed E-state index contributed by atoms with van der Waals surface area (Å²) in [6.07, 6.45) is 5.39. The largest absolute Gasteiger partial charge is 0.329 e. The van der Waals surface area contributed by atoms with Crippen molar-refractivity contribution < 1.29 is 9.59 Å². The Morgan fingerprint density at radius 2 is 2.36 bits per heavy atom. The molecule has 4 nitrogen and oxygen atoms in total. The van der Waals surface area contributed by atoms with Crippen LogP contribution in [0.4, 0.5) is 4.79 Å². The zero-order valence-corrected chi connectivity index (χ0v) is 5.96. The summed E-state index contributed by atoms with van der Waals surface area (Å²) in [6, 6.07) is -0.342. The second kappa shape index (κ2) is 3.06. The highest BCUT2D eigenvalue weighted by atomic mass is 16.2.